The van der Waals surface area contributed by atoms with Crippen LogP contribution >= 0.6 is 11.6 Å². The Hall–Kier alpha value is -1.78. The Morgan fingerprint density at radius 2 is 2.24 bits per heavy atom. The Morgan fingerprint density at radius 1 is 1.47 bits per heavy atom. The quantitative estimate of drug-likeness (QED) is 0.742. The highest BCUT2D eigenvalue weighted by Gasteiger charge is 2.26. The summed E-state index contributed by atoms with van der Waals surface area (Å²) in [6.45, 7) is -0.138. The number of halogens is 1. The minimum atomic E-state index is -3.65. The first-order chi connectivity index (χ1) is 8.03. The molecule has 1 heterocycles. The molecule has 6 nitrogen and oxygen atoms in total. The molecule has 0 saturated carbocycles. The topological polar surface area (TPSA) is 94.3 Å². The van der Waals surface area contributed by atoms with Crippen LogP contribution in [0.15, 0.2) is 28.1 Å². The van der Waals surface area contributed by atoms with E-state index < -0.39 is 10.0 Å². The number of hydrogen-bond acceptors (Lipinski definition) is 4. The number of fused-ring (bicyclic) bond motifs is 1. The van der Waals surface area contributed by atoms with Gasteiger partial charge in [0.2, 0.25) is 5.96 Å². The van der Waals surface area contributed by atoms with Crippen molar-refractivity contribution in [3.63, 3.8) is 0 Å². The van der Waals surface area contributed by atoms with Crippen molar-refractivity contribution in [2.75, 3.05) is 11.9 Å². The van der Waals surface area contributed by atoms with E-state index in [9.17, 15) is 8.42 Å². The lowest BCUT2D eigenvalue weighted by Crippen LogP contribution is -2.40. The zero-order valence-electron chi connectivity index (χ0n) is 8.44. The first kappa shape index (κ1) is 11.7. The summed E-state index contributed by atoms with van der Waals surface area (Å²) in [7, 11) is -3.65. The smallest absolute Gasteiger partial charge is 0.266 e. The van der Waals surface area contributed by atoms with Crippen molar-refractivity contribution < 1.29 is 8.42 Å². The van der Waals surface area contributed by atoms with E-state index >= 15 is 0 Å². The SMILES string of the molecule is N#CCN=C1Nc2cc(Cl)ccc2S(=O)(=O)N1. The predicted octanol–water partition coefficient (Wildman–Crippen LogP) is 0.923. The first-order valence-electron chi connectivity index (χ1n) is 4.54. The summed E-state index contributed by atoms with van der Waals surface area (Å²) in [6.07, 6.45) is 0. The Balaban J connectivity index is 2.49. The Kier molecular flexibility index (Phi) is 2.92. The first-order valence-corrected chi connectivity index (χ1v) is 6.40. The number of sulfonamides is 1. The van der Waals surface area contributed by atoms with Gasteiger partial charge in [-0.05, 0) is 18.2 Å². The molecule has 0 fully saturated rings. The maximum absolute atomic E-state index is 11.8. The lowest BCUT2D eigenvalue weighted by Gasteiger charge is -2.21. The average molecular weight is 271 g/mol. The molecule has 0 spiro atoms. The van der Waals surface area contributed by atoms with Gasteiger partial charge in [-0.2, -0.15) is 5.26 Å². The van der Waals surface area contributed by atoms with E-state index in [2.05, 4.69) is 15.0 Å². The molecule has 0 amide bonds. The maximum atomic E-state index is 11.8. The third-order valence-electron chi connectivity index (χ3n) is 2.02. The minimum absolute atomic E-state index is 0.0151. The molecule has 1 aliphatic heterocycles. The van der Waals surface area contributed by atoms with Gasteiger partial charge in [0.1, 0.15) is 11.4 Å². The van der Waals surface area contributed by atoms with Crippen molar-refractivity contribution in [3.8, 4) is 6.07 Å². The van der Waals surface area contributed by atoms with E-state index in [-0.39, 0.29) is 17.4 Å². The zero-order valence-corrected chi connectivity index (χ0v) is 10.0. The van der Waals surface area contributed by atoms with Crippen LogP contribution in [0.5, 0.6) is 0 Å². The number of nitriles is 1. The average Bonchev–Trinajstić information content (AvgIpc) is 2.24. The molecule has 17 heavy (non-hydrogen) atoms. The number of anilines is 1. The number of rotatable bonds is 1. The highest BCUT2D eigenvalue weighted by molar-refractivity contribution is 7.90. The van der Waals surface area contributed by atoms with Gasteiger partial charge >= 0.3 is 0 Å². The molecule has 2 N–H and O–H groups in total. The van der Waals surface area contributed by atoms with Gasteiger partial charge in [0, 0.05) is 5.02 Å². The molecule has 2 rings (SSSR count). The third kappa shape index (κ3) is 2.33. The number of guanidine groups is 1. The van der Waals surface area contributed by atoms with E-state index in [1.165, 1.54) is 18.2 Å². The normalized spacial score (nSPS) is 18.7. The van der Waals surface area contributed by atoms with Crippen molar-refractivity contribution in [2.24, 2.45) is 4.99 Å². The fourth-order valence-corrected chi connectivity index (χ4v) is 2.65. The van der Waals surface area contributed by atoms with Gasteiger partial charge in [-0.3, -0.25) is 0 Å². The van der Waals surface area contributed by atoms with E-state index in [1.807, 2.05) is 0 Å². The fraction of sp³-hybridized carbons (Fsp3) is 0.111. The largest absolute Gasteiger partial charge is 0.324 e. The highest BCUT2D eigenvalue weighted by Crippen LogP contribution is 2.27. The second kappa shape index (κ2) is 4.24. The molecule has 0 aliphatic carbocycles. The summed E-state index contributed by atoms with van der Waals surface area (Å²) in [5.74, 6) is 0.0151. The highest BCUT2D eigenvalue weighted by atomic mass is 35.5. The van der Waals surface area contributed by atoms with Gasteiger partial charge in [0.25, 0.3) is 10.0 Å². The maximum Gasteiger partial charge on any atom is 0.266 e. The summed E-state index contributed by atoms with van der Waals surface area (Å²) < 4.78 is 25.8. The molecule has 0 bridgehead atoms. The predicted molar refractivity (Wildman–Crippen MR) is 63.3 cm³/mol. The van der Waals surface area contributed by atoms with Gasteiger partial charge in [-0.1, -0.05) is 11.6 Å². The molecule has 1 aromatic rings. The van der Waals surface area contributed by atoms with Gasteiger partial charge in [-0.15, -0.1) is 0 Å². The number of aliphatic imine (C=N–C) groups is 1. The van der Waals surface area contributed by atoms with E-state index in [0.717, 1.165) is 0 Å². The third-order valence-corrected chi connectivity index (χ3v) is 3.66. The molecular formula is C9H7ClN4O2S. The molecule has 1 aliphatic rings. The van der Waals surface area contributed by atoms with Crippen molar-refractivity contribution in [1.29, 1.82) is 5.26 Å². The fourth-order valence-electron chi connectivity index (χ4n) is 1.36. The second-order valence-electron chi connectivity index (χ2n) is 3.19. The van der Waals surface area contributed by atoms with E-state index in [4.69, 9.17) is 16.9 Å². The van der Waals surface area contributed by atoms with Crippen molar-refractivity contribution in [2.45, 2.75) is 4.90 Å². The Bertz CT molecular complexity index is 633. The van der Waals surface area contributed by atoms with Crippen LogP contribution in [0.4, 0.5) is 5.69 Å². The van der Waals surface area contributed by atoms with Crippen molar-refractivity contribution in [1.82, 2.24) is 4.72 Å². The number of benzene rings is 1. The summed E-state index contributed by atoms with van der Waals surface area (Å²) in [5.41, 5.74) is 0.341. The van der Waals surface area contributed by atoms with Crippen LogP contribution in [0, 0.1) is 11.3 Å². The Labute approximate surface area is 103 Å². The number of hydrogen-bond donors (Lipinski definition) is 2. The van der Waals surface area contributed by atoms with Crippen molar-refractivity contribution >= 4 is 33.3 Å². The zero-order chi connectivity index (χ0) is 12.5. The number of nitrogens with zero attached hydrogens (tertiary/aromatic N) is 2. The van der Waals surface area contributed by atoms with E-state index in [1.54, 1.807) is 6.07 Å². The summed E-state index contributed by atoms with van der Waals surface area (Å²) in [6, 6.07) is 6.15. The van der Waals surface area contributed by atoms with Crippen LogP contribution in [0.2, 0.25) is 5.02 Å². The summed E-state index contributed by atoms with van der Waals surface area (Å²) in [5, 5.41) is 11.5. The van der Waals surface area contributed by atoms with Crippen LogP contribution in [-0.2, 0) is 10.0 Å². The molecule has 0 atom stereocenters. The molecule has 88 valence electrons. The lowest BCUT2D eigenvalue weighted by atomic mass is 10.3. The van der Waals surface area contributed by atoms with Crippen LogP contribution in [0.3, 0.4) is 0 Å². The second-order valence-corrected chi connectivity index (χ2v) is 5.28. The lowest BCUT2D eigenvalue weighted by molar-refractivity contribution is 0.591. The molecular weight excluding hydrogens is 264 g/mol. The Morgan fingerprint density at radius 3 is 2.94 bits per heavy atom. The monoisotopic (exact) mass is 270 g/mol. The van der Waals surface area contributed by atoms with Crippen LogP contribution in [0.25, 0.3) is 0 Å². The standard InChI is InChI=1S/C9H7ClN4O2S/c10-6-1-2-8-7(5-6)13-9(12-4-3-11)14-17(8,15)16/h1-2,5H,4H2,(H2,12,13,14). The van der Waals surface area contributed by atoms with Crippen molar-refractivity contribution in [3.05, 3.63) is 23.2 Å². The van der Waals surface area contributed by atoms with Gasteiger partial charge in [-0.25, -0.2) is 18.1 Å². The number of nitrogens with one attached hydrogen (secondary N) is 2. The van der Waals surface area contributed by atoms with Crippen LogP contribution in [-0.4, -0.2) is 20.9 Å². The summed E-state index contributed by atoms with van der Waals surface area (Å²) in [4.78, 5) is 3.83. The van der Waals surface area contributed by atoms with Crippen LogP contribution in [0.1, 0.15) is 0 Å². The minimum Gasteiger partial charge on any atom is -0.324 e. The molecule has 1 aromatic carbocycles. The van der Waals surface area contributed by atoms with Gasteiger partial charge in [0.15, 0.2) is 0 Å². The summed E-state index contributed by atoms with van der Waals surface area (Å²) >= 11 is 5.77. The van der Waals surface area contributed by atoms with Crippen LogP contribution < -0.4 is 10.0 Å². The molecule has 0 aromatic heterocycles. The molecule has 0 radical (unpaired) electrons. The van der Waals surface area contributed by atoms with Gasteiger partial charge < -0.3 is 5.32 Å². The van der Waals surface area contributed by atoms with E-state index in [0.29, 0.717) is 10.7 Å². The van der Waals surface area contributed by atoms with Gasteiger partial charge in [0.05, 0.1) is 11.8 Å². The molecule has 0 saturated heterocycles. The molecule has 0 unspecified atom stereocenters. The molecule has 8 heteroatoms.